The van der Waals surface area contributed by atoms with Crippen molar-refractivity contribution in [2.24, 2.45) is 0 Å². The van der Waals surface area contributed by atoms with Gasteiger partial charge in [0.15, 0.2) is 0 Å². The lowest BCUT2D eigenvalue weighted by Gasteiger charge is -2.34. The van der Waals surface area contributed by atoms with E-state index in [1.165, 1.54) is 9.75 Å². The fraction of sp³-hybridized carbons (Fsp3) is 0.630. The Hall–Kier alpha value is -1.82. The van der Waals surface area contributed by atoms with Crippen LogP contribution in [0.4, 0.5) is 0 Å². The van der Waals surface area contributed by atoms with E-state index >= 15 is 0 Å². The van der Waals surface area contributed by atoms with Crippen LogP contribution in [0.1, 0.15) is 53.9 Å². The van der Waals surface area contributed by atoms with Crippen LogP contribution >= 0.6 is 22.7 Å². The lowest BCUT2D eigenvalue weighted by molar-refractivity contribution is -0.122. The molecule has 2 aromatic rings. The van der Waals surface area contributed by atoms with Crippen molar-refractivity contribution < 1.29 is 19.1 Å². The molecule has 0 radical (unpaired) electrons. The van der Waals surface area contributed by atoms with Gasteiger partial charge in [-0.3, -0.25) is 19.4 Å². The Bertz CT molecular complexity index is 839. The number of thiophene rings is 2. The fourth-order valence-corrected chi connectivity index (χ4v) is 6.63. The van der Waals surface area contributed by atoms with E-state index in [4.69, 9.17) is 9.47 Å². The third-order valence-electron chi connectivity index (χ3n) is 7.01. The zero-order valence-electron chi connectivity index (χ0n) is 21.6. The van der Waals surface area contributed by atoms with Crippen LogP contribution in [-0.2, 0) is 19.1 Å². The average Bonchev–Trinajstić information content (AvgIpc) is 3.65. The highest BCUT2D eigenvalue weighted by molar-refractivity contribution is 7.10. The molecule has 4 rings (SSSR count). The molecule has 0 bridgehead atoms. The molecule has 10 heteroatoms. The summed E-state index contributed by atoms with van der Waals surface area (Å²) in [6, 6.07) is 8.82. The molecule has 204 valence electrons. The highest BCUT2D eigenvalue weighted by Crippen LogP contribution is 2.26. The molecule has 2 amide bonds. The van der Waals surface area contributed by atoms with Crippen LogP contribution in [-0.4, -0.2) is 87.3 Å². The maximum absolute atomic E-state index is 12.5. The normalized spacial score (nSPS) is 18.8. The predicted octanol–water partition coefficient (Wildman–Crippen LogP) is 3.44. The van der Waals surface area contributed by atoms with Gasteiger partial charge in [0, 0.05) is 61.9 Å². The minimum absolute atomic E-state index is 0.0866. The van der Waals surface area contributed by atoms with E-state index in [1.54, 1.807) is 22.7 Å². The molecule has 2 N–H and O–H groups in total. The molecule has 0 aliphatic carbocycles. The second kappa shape index (κ2) is 15.6. The Morgan fingerprint density at radius 1 is 0.730 bits per heavy atom. The molecule has 2 aromatic heterocycles. The van der Waals surface area contributed by atoms with Crippen molar-refractivity contribution in [3.63, 3.8) is 0 Å². The number of carbonyl (C=O) groups excluding carboxylic acids is 2. The molecular weight excluding hydrogens is 508 g/mol. The van der Waals surface area contributed by atoms with Crippen molar-refractivity contribution in [1.82, 2.24) is 20.4 Å². The number of carbonyl (C=O) groups is 2. The third kappa shape index (κ3) is 9.15. The van der Waals surface area contributed by atoms with Gasteiger partial charge < -0.3 is 20.1 Å². The van der Waals surface area contributed by atoms with Crippen LogP contribution in [0.15, 0.2) is 35.0 Å². The van der Waals surface area contributed by atoms with Gasteiger partial charge in [-0.1, -0.05) is 18.6 Å². The largest absolute Gasteiger partial charge is 0.379 e. The van der Waals surface area contributed by atoms with Crippen LogP contribution in [0.25, 0.3) is 0 Å². The van der Waals surface area contributed by atoms with Crippen LogP contribution in [0.5, 0.6) is 0 Å². The maximum Gasteiger partial charge on any atom is 0.220 e. The second-order valence-electron chi connectivity index (χ2n) is 9.53. The molecule has 37 heavy (non-hydrogen) atoms. The molecule has 2 aliphatic rings. The number of amides is 2. The standard InChI is InChI=1S/C27H40N4O4S2/c32-26(28-20-22(24-6-4-18-36-24)30-10-14-34-15-11-30)8-2-1-3-9-27(33)29-21-23(25-7-5-19-37-25)31-12-16-35-17-13-31/h4-7,18-19,22-23H,1-3,8-17,20-21H2,(H,28,32)(H,29,33). The highest BCUT2D eigenvalue weighted by atomic mass is 32.1. The van der Waals surface area contributed by atoms with E-state index in [0.29, 0.717) is 25.9 Å². The molecule has 0 spiro atoms. The number of nitrogens with one attached hydrogen (secondary N) is 2. The van der Waals surface area contributed by atoms with Gasteiger partial charge in [0.25, 0.3) is 0 Å². The fourth-order valence-electron chi connectivity index (χ4n) is 4.91. The van der Waals surface area contributed by atoms with E-state index in [1.807, 2.05) is 0 Å². The van der Waals surface area contributed by atoms with Gasteiger partial charge in [-0.05, 0) is 35.7 Å². The van der Waals surface area contributed by atoms with E-state index in [9.17, 15) is 9.59 Å². The summed E-state index contributed by atoms with van der Waals surface area (Å²) in [5.74, 6) is 0.173. The van der Waals surface area contributed by atoms with Crippen LogP contribution in [0.3, 0.4) is 0 Å². The quantitative estimate of drug-likeness (QED) is 0.352. The third-order valence-corrected chi connectivity index (χ3v) is 8.96. The zero-order chi connectivity index (χ0) is 25.7. The zero-order valence-corrected chi connectivity index (χ0v) is 23.2. The SMILES string of the molecule is O=C(CCCCCC(=O)NCC(c1cccs1)N1CCOCC1)NCC(c1cccs1)N1CCOCC1. The predicted molar refractivity (Wildman–Crippen MR) is 148 cm³/mol. The number of hydrogen-bond acceptors (Lipinski definition) is 8. The summed E-state index contributed by atoms with van der Waals surface area (Å²) in [5.41, 5.74) is 0. The second-order valence-corrected chi connectivity index (χ2v) is 11.5. The molecule has 2 saturated heterocycles. The van der Waals surface area contributed by atoms with Crippen LogP contribution in [0.2, 0.25) is 0 Å². The summed E-state index contributed by atoms with van der Waals surface area (Å²) < 4.78 is 11.0. The average molecular weight is 549 g/mol. The Morgan fingerprint density at radius 3 is 1.54 bits per heavy atom. The molecule has 2 unspecified atom stereocenters. The molecular formula is C27H40N4O4S2. The number of hydrogen-bond donors (Lipinski definition) is 2. The first kappa shape index (κ1) is 28.2. The number of nitrogens with zero attached hydrogens (tertiary/aromatic N) is 2. The summed E-state index contributed by atoms with van der Waals surface area (Å²) in [6.07, 6.45) is 3.47. The minimum Gasteiger partial charge on any atom is -0.379 e. The van der Waals surface area contributed by atoms with E-state index in [2.05, 4.69) is 55.5 Å². The number of rotatable bonds is 14. The lowest BCUT2D eigenvalue weighted by Crippen LogP contribution is -2.43. The van der Waals surface area contributed by atoms with Gasteiger partial charge in [-0.2, -0.15) is 0 Å². The summed E-state index contributed by atoms with van der Waals surface area (Å²) in [6.45, 7) is 7.77. The van der Waals surface area contributed by atoms with Gasteiger partial charge in [0.2, 0.25) is 11.8 Å². The number of unbranched alkanes of at least 4 members (excludes halogenated alkanes) is 2. The Balaban J connectivity index is 1.10. The van der Waals surface area contributed by atoms with Crippen molar-refractivity contribution in [3.05, 3.63) is 44.8 Å². The van der Waals surface area contributed by atoms with E-state index in [-0.39, 0.29) is 23.9 Å². The molecule has 0 aromatic carbocycles. The highest BCUT2D eigenvalue weighted by Gasteiger charge is 2.25. The van der Waals surface area contributed by atoms with Crippen molar-refractivity contribution in [1.29, 1.82) is 0 Å². The van der Waals surface area contributed by atoms with Crippen LogP contribution in [0, 0.1) is 0 Å². The molecule has 4 heterocycles. The van der Waals surface area contributed by atoms with Crippen molar-refractivity contribution in [2.45, 2.75) is 44.2 Å². The first-order chi connectivity index (χ1) is 18.2. The summed E-state index contributed by atoms with van der Waals surface area (Å²) >= 11 is 3.47. The topological polar surface area (TPSA) is 83.1 Å². The summed E-state index contributed by atoms with van der Waals surface area (Å²) in [4.78, 5) is 32.3. The van der Waals surface area contributed by atoms with Gasteiger partial charge in [-0.15, -0.1) is 22.7 Å². The molecule has 2 fully saturated rings. The Kier molecular flexibility index (Phi) is 11.9. The van der Waals surface area contributed by atoms with Gasteiger partial charge in [0.1, 0.15) is 0 Å². The Morgan fingerprint density at radius 2 is 1.16 bits per heavy atom. The van der Waals surface area contributed by atoms with Gasteiger partial charge in [0.05, 0.1) is 38.5 Å². The first-order valence-corrected chi connectivity index (χ1v) is 15.2. The molecule has 0 saturated carbocycles. The van der Waals surface area contributed by atoms with Crippen molar-refractivity contribution in [3.8, 4) is 0 Å². The minimum atomic E-state index is 0.0866. The first-order valence-electron chi connectivity index (χ1n) is 13.4. The van der Waals surface area contributed by atoms with Crippen molar-refractivity contribution in [2.75, 3.05) is 65.7 Å². The lowest BCUT2D eigenvalue weighted by atomic mass is 10.1. The van der Waals surface area contributed by atoms with Crippen molar-refractivity contribution >= 4 is 34.5 Å². The van der Waals surface area contributed by atoms with E-state index < -0.39 is 0 Å². The smallest absolute Gasteiger partial charge is 0.220 e. The van der Waals surface area contributed by atoms with Gasteiger partial charge >= 0.3 is 0 Å². The number of morpholine rings is 2. The molecule has 8 nitrogen and oxygen atoms in total. The summed E-state index contributed by atoms with van der Waals surface area (Å²) in [7, 11) is 0. The summed E-state index contributed by atoms with van der Waals surface area (Å²) in [5, 5.41) is 10.5. The maximum atomic E-state index is 12.5. The monoisotopic (exact) mass is 548 g/mol. The Labute approximate surface area is 228 Å². The molecule has 2 atom stereocenters. The number of ether oxygens (including phenoxy) is 2. The molecule has 2 aliphatic heterocycles. The van der Waals surface area contributed by atoms with Gasteiger partial charge in [-0.25, -0.2) is 0 Å². The van der Waals surface area contributed by atoms with Crippen LogP contribution < -0.4 is 10.6 Å². The van der Waals surface area contributed by atoms with E-state index in [0.717, 1.165) is 71.9 Å².